The van der Waals surface area contributed by atoms with Crippen molar-refractivity contribution in [3.05, 3.63) is 77.5 Å². The van der Waals surface area contributed by atoms with Crippen molar-refractivity contribution >= 4 is 28.8 Å². The number of ether oxygens (including phenoxy) is 2. The van der Waals surface area contributed by atoms with E-state index >= 15 is 0 Å². The Morgan fingerprint density at radius 2 is 1.93 bits per heavy atom. The lowest BCUT2D eigenvalue weighted by atomic mass is 9.97. The van der Waals surface area contributed by atoms with Gasteiger partial charge in [-0.3, -0.25) is 4.79 Å². The molecule has 0 saturated heterocycles. The normalized spacial score (nSPS) is 14.7. The van der Waals surface area contributed by atoms with Crippen molar-refractivity contribution < 1.29 is 14.3 Å². The van der Waals surface area contributed by atoms with Gasteiger partial charge >= 0.3 is 0 Å². The molecule has 3 aromatic rings. The Labute approximate surface area is 164 Å². The molecule has 0 saturated carbocycles. The monoisotopic (exact) mass is 371 g/mol. The Hall–Kier alpha value is -3.40. The highest BCUT2D eigenvalue weighted by Gasteiger charge is 2.27. The van der Waals surface area contributed by atoms with Crippen molar-refractivity contribution in [3.63, 3.8) is 0 Å². The van der Waals surface area contributed by atoms with Crippen molar-refractivity contribution in [2.45, 2.75) is 19.4 Å². The number of ketones is 1. The number of methoxy groups -OCH3 is 1. The molecule has 4 heteroatoms. The number of carbonyl (C=O) groups is 1. The van der Waals surface area contributed by atoms with E-state index < -0.39 is 5.60 Å². The molecule has 0 aliphatic carbocycles. The standard InChI is InChI=1S/C24H21NO3/c1-24(2)15-14-19-22(27-3)13-11-18(23(19)28-24)21(26)12-10-17-9-8-16-6-4-5-7-20(16)25-17/h4-15H,1-3H3/b12-10+. The fraction of sp³-hybridized carbons (Fsp3) is 0.167. The molecule has 4 nitrogen and oxygen atoms in total. The van der Waals surface area contributed by atoms with E-state index in [-0.39, 0.29) is 5.78 Å². The number of para-hydroxylation sites is 1. The van der Waals surface area contributed by atoms with Crippen LogP contribution in [0.25, 0.3) is 23.1 Å². The molecule has 4 rings (SSSR count). The van der Waals surface area contributed by atoms with Crippen molar-refractivity contribution in [2.24, 2.45) is 0 Å². The highest BCUT2D eigenvalue weighted by Crippen LogP contribution is 2.39. The first-order valence-electron chi connectivity index (χ1n) is 9.14. The maximum absolute atomic E-state index is 12.9. The molecule has 1 aromatic heterocycles. The third-order valence-corrected chi connectivity index (χ3v) is 4.68. The van der Waals surface area contributed by atoms with Crippen LogP contribution in [-0.4, -0.2) is 23.5 Å². The summed E-state index contributed by atoms with van der Waals surface area (Å²) >= 11 is 0. The zero-order chi connectivity index (χ0) is 19.7. The van der Waals surface area contributed by atoms with E-state index in [0.717, 1.165) is 22.2 Å². The van der Waals surface area contributed by atoms with Crippen LogP contribution in [0.2, 0.25) is 0 Å². The first-order chi connectivity index (χ1) is 13.5. The quantitative estimate of drug-likeness (QED) is 0.460. The molecule has 140 valence electrons. The number of aromatic nitrogens is 1. The van der Waals surface area contributed by atoms with Gasteiger partial charge in [-0.15, -0.1) is 0 Å². The molecule has 0 N–H and O–H groups in total. The van der Waals surface area contributed by atoms with Crippen LogP contribution in [0.5, 0.6) is 11.5 Å². The summed E-state index contributed by atoms with van der Waals surface area (Å²) in [5.74, 6) is 1.09. The lowest BCUT2D eigenvalue weighted by Crippen LogP contribution is -2.28. The molecular formula is C24H21NO3. The van der Waals surface area contributed by atoms with Crippen LogP contribution in [0.4, 0.5) is 0 Å². The van der Waals surface area contributed by atoms with Crippen LogP contribution in [0.1, 0.15) is 35.5 Å². The second-order valence-electron chi connectivity index (χ2n) is 7.22. The van der Waals surface area contributed by atoms with Gasteiger partial charge in [0, 0.05) is 5.39 Å². The predicted octanol–water partition coefficient (Wildman–Crippen LogP) is 5.32. The van der Waals surface area contributed by atoms with Gasteiger partial charge in [0.05, 0.1) is 29.4 Å². The lowest BCUT2D eigenvalue weighted by Gasteiger charge is -2.29. The molecule has 28 heavy (non-hydrogen) atoms. The summed E-state index contributed by atoms with van der Waals surface area (Å²) < 4.78 is 11.5. The minimum atomic E-state index is -0.488. The number of nitrogens with zero attached hydrogens (tertiary/aromatic N) is 1. The van der Waals surface area contributed by atoms with Crippen molar-refractivity contribution in [2.75, 3.05) is 7.11 Å². The van der Waals surface area contributed by atoms with Gasteiger partial charge in [-0.25, -0.2) is 4.98 Å². The number of hydrogen-bond acceptors (Lipinski definition) is 4. The molecule has 0 amide bonds. The highest BCUT2D eigenvalue weighted by atomic mass is 16.5. The van der Waals surface area contributed by atoms with Gasteiger partial charge in [-0.2, -0.15) is 0 Å². The van der Waals surface area contributed by atoms with E-state index in [2.05, 4.69) is 4.98 Å². The molecule has 1 aliphatic heterocycles. The molecule has 0 fully saturated rings. The summed E-state index contributed by atoms with van der Waals surface area (Å²) in [7, 11) is 1.61. The van der Waals surface area contributed by atoms with Crippen LogP contribution in [-0.2, 0) is 0 Å². The van der Waals surface area contributed by atoms with Crippen LogP contribution in [0.3, 0.4) is 0 Å². The highest BCUT2D eigenvalue weighted by molar-refractivity contribution is 6.09. The van der Waals surface area contributed by atoms with Gasteiger partial charge < -0.3 is 9.47 Å². The minimum Gasteiger partial charge on any atom is -0.496 e. The van der Waals surface area contributed by atoms with Gasteiger partial charge in [0.15, 0.2) is 5.78 Å². The first kappa shape index (κ1) is 18.0. The number of allylic oxidation sites excluding steroid dienone is 1. The van der Waals surface area contributed by atoms with Crippen LogP contribution in [0.15, 0.2) is 60.7 Å². The maximum atomic E-state index is 12.9. The summed E-state index contributed by atoms with van der Waals surface area (Å²) in [6.07, 6.45) is 7.17. The summed E-state index contributed by atoms with van der Waals surface area (Å²) in [4.78, 5) is 17.5. The molecular weight excluding hydrogens is 350 g/mol. The van der Waals surface area contributed by atoms with Crippen LogP contribution >= 0.6 is 0 Å². The van der Waals surface area contributed by atoms with Gasteiger partial charge in [-0.1, -0.05) is 24.3 Å². The largest absolute Gasteiger partial charge is 0.496 e. The molecule has 2 aromatic carbocycles. The van der Waals surface area contributed by atoms with E-state index in [0.29, 0.717) is 17.1 Å². The van der Waals surface area contributed by atoms with E-state index in [4.69, 9.17) is 9.47 Å². The fourth-order valence-electron chi connectivity index (χ4n) is 3.23. The number of benzene rings is 2. The van der Waals surface area contributed by atoms with Crippen LogP contribution in [0, 0.1) is 0 Å². The number of hydrogen-bond donors (Lipinski definition) is 0. The molecule has 0 atom stereocenters. The Balaban J connectivity index is 1.68. The van der Waals surface area contributed by atoms with Crippen molar-refractivity contribution in [1.29, 1.82) is 0 Å². The first-order valence-corrected chi connectivity index (χ1v) is 9.14. The van der Waals surface area contributed by atoms with E-state index in [1.54, 1.807) is 25.3 Å². The topological polar surface area (TPSA) is 48.4 Å². The fourth-order valence-corrected chi connectivity index (χ4v) is 3.23. The van der Waals surface area contributed by atoms with Gasteiger partial charge in [-0.05, 0) is 62.4 Å². The molecule has 0 bridgehead atoms. The Kier molecular flexibility index (Phi) is 4.47. The summed E-state index contributed by atoms with van der Waals surface area (Å²) in [5, 5.41) is 1.07. The van der Waals surface area contributed by atoms with E-state index in [1.807, 2.05) is 62.4 Å². The summed E-state index contributed by atoms with van der Waals surface area (Å²) in [6.45, 7) is 3.91. The number of carbonyl (C=O) groups excluding carboxylic acids is 1. The summed E-state index contributed by atoms with van der Waals surface area (Å²) in [5.41, 5.74) is 2.43. The average Bonchev–Trinajstić information content (AvgIpc) is 2.70. The SMILES string of the molecule is COc1ccc(C(=O)/C=C/c2ccc3ccccc3n2)c2c1C=CC(C)(C)O2. The van der Waals surface area contributed by atoms with Gasteiger partial charge in [0.1, 0.15) is 17.1 Å². The minimum absolute atomic E-state index is 0.139. The zero-order valence-electron chi connectivity index (χ0n) is 16.1. The second kappa shape index (κ2) is 6.97. The average molecular weight is 371 g/mol. The smallest absolute Gasteiger partial charge is 0.189 e. The zero-order valence-corrected chi connectivity index (χ0v) is 16.1. The molecule has 0 spiro atoms. The van der Waals surface area contributed by atoms with E-state index in [9.17, 15) is 4.79 Å². The Bertz CT molecular complexity index is 1130. The van der Waals surface area contributed by atoms with Crippen molar-refractivity contribution in [3.8, 4) is 11.5 Å². The third-order valence-electron chi connectivity index (χ3n) is 4.68. The second-order valence-corrected chi connectivity index (χ2v) is 7.22. The number of fused-ring (bicyclic) bond motifs is 2. The Morgan fingerprint density at radius 3 is 2.75 bits per heavy atom. The van der Waals surface area contributed by atoms with Crippen molar-refractivity contribution in [1.82, 2.24) is 4.98 Å². The molecule has 0 unspecified atom stereocenters. The molecule has 1 aliphatic rings. The number of pyridine rings is 1. The lowest BCUT2D eigenvalue weighted by molar-refractivity contribution is 0.103. The Morgan fingerprint density at radius 1 is 1.11 bits per heavy atom. The molecule has 2 heterocycles. The third kappa shape index (κ3) is 3.41. The van der Waals surface area contributed by atoms with E-state index in [1.165, 1.54) is 6.08 Å². The molecule has 0 radical (unpaired) electrons. The maximum Gasteiger partial charge on any atom is 0.189 e. The van der Waals surface area contributed by atoms with Gasteiger partial charge in [0.2, 0.25) is 0 Å². The van der Waals surface area contributed by atoms with Gasteiger partial charge in [0.25, 0.3) is 0 Å². The number of rotatable bonds is 4. The van der Waals surface area contributed by atoms with Crippen LogP contribution < -0.4 is 9.47 Å². The summed E-state index contributed by atoms with van der Waals surface area (Å²) in [6, 6.07) is 15.3. The predicted molar refractivity (Wildman–Crippen MR) is 112 cm³/mol.